The molecule has 0 spiro atoms. The molecule has 0 saturated carbocycles. The van der Waals surface area contributed by atoms with Gasteiger partial charge < -0.3 is 10.1 Å². The van der Waals surface area contributed by atoms with E-state index in [-0.39, 0.29) is 6.04 Å². The molecule has 0 aliphatic carbocycles. The van der Waals surface area contributed by atoms with Crippen LogP contribution in [-0.2, 0) is 11.2 Å². The molecule has 86 valence electrons. The molecule has 1 aromatic carbocycles. The Kier molecular flexibility index (Phi) is 4.08. The Balaban J connectivity index is 1.86. The van der Waals surface area contributed by atoms with Crippen molar-refractivity contribution in [3.05, 3.63) is 35.9 Å². The Morgan fingerprint density at radius 2 is 2.19 bits per heavy atom. The second kappa shape index (κ2) is 5.77. The molecule has 1 unspecified atom stereocenters. The monoisotopic (exact) mass is 218 g/mol. The van der Waals surface area contributed by atoms with Crippen LogP contribution in [0.2, 0.25) is 0 Å². The van der Waals surface area contributed by atoms with Crippen LogP contribution < -0.4 is 5.32 Å². The number of nitrogens with one attached hydrogen (secondary N) is 1. The van der Waals surface area contributed by atoms with Crippen molar-refractivity contribution in [2.75, 3.05) is 26.2 Å². The van der Waals surface area contributed by atoms with E-state index in [0.717, 1.165) is 38.9 Å². The number of nitrogens with zero attached hydrogens (tertiary/aromatic N) is 1. The van der Waals surface area contributed by atoms with E-state index in [0.29, 0.717) is 0 Å². The number of piperazine rings is 1. The smallest absolute Gasteiger partial charge is 0.138 e. The van der Waals surface area contributed by atoms with Gasteiger partial charge in [-0.15, -0.1) is 0 Å². The van der Waals surface area contributed by atoms with Crippen LogP contribution in [0.15, 0.2) is 30.3 Å². The molecule has 3 nitrogen and oxygen atoms in total. The molecule has 16 heavy (non-hydrogen) atoms. The summed E-state index contributed by atoms with van der Waals surface area (Å²) in [6.07, 6.45) is 2.07. The van der Waals surface area contributed by atoms with Crippen LogP contribution in [0.5, 0.6) is 0 Å². The molecule has 0 radical (unpaired) electrons. The zero-order valence-electron chi connectivity index (χ0n) is 9.43. The fraction of sp³-hybridized carbons (Fsp3) is 0.462. The first-order valence-corrected chi connectivity index (χ1v) is 5.84. The number of hydrogen-bond donors (Lipinski definition) is 1. The first-order chi connectivity index (χ1) is 7.90. The first kappa shape index (κ1) is 11.3. The lowest BCUT2D eigenvalue weighted by atomic mass is 10.1. The highest BCUT2D eigenvalue weighted by Crippen LogP contribution is 2.05. The highest BCUT2D eigenvalue weighted by Gasteiger charge is 2.20. The third-order valence-corrected chi connectivity index (χ3v) is 3.09. The quantitative estimate of drug-likeness (QED) is 0.755. The lowest BCUT2D eigenvalue weighted by Crippen LogP contribution is -2.52. The van der Waals surface area contributed by atoms with E-state index in [2.05, 4.69) is 34.5 Å². The van der Waals surface area contributed by atoms with Gasteiger partial charge >= 0.3 is 0 Å². The predicted octanol–water partition coefficient (Wildman–Crippen LogP) is 0.702. The molecule has 1 aliphatic rings. The van der Waals surface area contributed by atoms with Crippen LogP contribution in [0.4, 0.5) is 0 Å². The van der Waals surface area contributed by atoms with Gasteiger partial charge in [0.2, 0.25) is 0 Å². The Morgan fingerprint density at radius 1 is 1.38 bits per heavy atom. The number of carbonyl (C=O) groups excluding carboxylic acids is 1. The molecule has 1 heterocycles. The maximum absolute atomic E-state index is 10.9. The molecule has 1 N–H and O–H groups in total. The van der Waals surface area contributed by atoms with E-state index in [1.54, 1.807) is 0 Å². The summed E-state index contributed by atoms with van der Waals surface area (Å²) < 4.78 is 0. The number of aldehydes is 1. The van der Waals surface area contributed by atoms with Crippen LogP contribution >= 0.6 is 0 Å². The van der Waals surface area contributed by atoms with E-state index >= 15 is 0 Å². The van der Waals surface area contributed by atoms with Crippen LogP contribution in [0.1, 0.15) is 5.56 Å². The normalized spacial score (nSPS) is 21.9. The molecule has 0 amide bonds. The van der Waals surface area contributed by atoms with Gasteiger partial charge in [-0.05, 0) is 12.0 Å². The first-order valence-electron chi connectivity index (χ1n) is 5.84. The Hall–Kier alpha value is -1.19. The average Bonchev–Trinajstić information content (AvgIpc) is 2.38. The van der Waals surface area contributed by atoms with Crippen LogP contribution in [0, 0.1) is 0 Å². The summed E-state index contributed by atoms with van der Waals surface area (Å²) in [6, 6.07) is 10.5. The number of benzene rings is 1. The lowest BCUT2D eigenvalue weighted by molar-refractivity contribution is -0.112. The molecule has 1 aliphatic heterocycles. The molecular formula is C13H18N2O. The molecule has 1 fully saturated rings. The predicted molar refractivity (Wildman–Crippen MR) is 64.4 cm³/mol. The summed E-state index contributed by atoms with van der Waals surface area (Å²) >= 11 is 0. The standard InChI is InChI=1S/C13H18N2O/c16-11-13-10-14-7-9-15(13)8-6-12-4-2-1-3-5-12/h1-5,11,13-14H,6-10H2. The van der Waals surface area contributed by atoms with E-state index < -0.39 is 0 Å². The molecule has 0 bridgehead atoms. The van der Waals surface area contributed by atoms with Gasteiger partial charge in [-0.3, -0.25) is 4.90 Å². The van der Waals surface area contributed by atoms with E-state index in [9.17, 15) is 4.79 Å². The molecule has 1 aromatic rings. The van der Waals surface area contributed by atoms with Gasteiger partial charge in [0.1, 0.15) is 6.29 Å². The Bertz CT molecular complexity index is 326. The molecule has 0 aromatic heterocycles. The summed E-state index contributed by atoms with van der Waals surface area (Å²) in [4.78, 5) is 13.2. The highest BCUT2D eigenvalue weighted by molar-refractivity contribution is 5.58. The molecular weight excluding hydrogens is 200 g/mol. The molecule has 3 heteroatoms. The summed E-state index contributed by atoms with van der Waals surface area (Å²) in [5.74, 6) is 0. The minimum Gasteiger partial charge on any atom is -0.313 e. The van der Waals surface area contributed by atoms with Crippen molar-refractivity contribution in [1.29, 1.82) is 0 Å². The van der Waals surface area contributed by atoms with Crippen molar-refractivity contribution in [2.24, 2.45) is 0 Å². The maximum atomic E-state index is 10.9. The van der Waals surface area contributed by atoms with Gasteiger partial charge in [0.05, 0.1) is 6.04 Å². The summed E-state index contributed by atoms with van der Waals surface area (Å²) in [5.41, 5.74) is 1.34. The minimum atomic E-state index is 0.0532. The third-order valence-electron chi connectivity index (χ3n) is 3.09. The van der Waals surface area contributed by atoms with Gasteiger partial charge in [-0.1, -0.05) is 30.3 Å². The van der Waals surface area contributed by atoms with Gasteiger partial charge in [0.15, 0.2) is 0 Å². The zero-order chi connectivity index (χ0) is 11.2. The largest absolute Gasteiger partial charge is 0.313 e. The topological polar surface area (TPSA) is 32.3 Å². The molecule has 1 atom stereocenters. The minimum absolute atomic E-state index is 0.0532. The number of rotatable bonds is 4. The highest BCUT2D eigenvalue weighted by atomic mass is 16.1. The second-order valence-electron chi connectivity index (χ2n) is 4.18. The van der Waals surface area contributed by atoms with Crippen molar-refractivity contribution in [3.8, 4) is 0 Å². The Labute approximate surface area is 96.5 Å². The van der Waals surface area contributed by atoms with E-state index in [1.807, 2.05) is 6.07 Å². The van der Waals surface area contributed by atoms with Crippen molar-refractivity contribution < 1.29 is 4.79 Å². The van der Waals surface area contributed by atoms with Crippen LogP contribution in [-0.4, -0.2) is 43.4 Å². The van der Waals surface area contributed by atoms with E-state index in [4.69, 9.17) is 0 Å². The van der Waals surface area contributed by atoms with Gasteiger partial charge in [-0.25, -0.2) is 0 Å². The third kappa shape index (κ3) is 2.90. The van der Waals surface area contributed by atoms with Gasteiger partial charge in [0, 0.05) is 26.2 Å². The summed E-state index contributed by atoms with van der Waals surface area (Å²) in [6.45, 7) is 3.71. The Morgan fingerprint density at radius 3 is 2.94 bits per heavy atom. The van der Waals surface area contributed by atoms with Gasteiger partial charge in [0.25, 0.3) is 0 Å². The van der Waals surface area contributed by atoms with Crippen LogP contribution in [0.25, 0.3) is 0 Å². The fourth-order valence-corrected chi connectivity index (χ4v) is 2.10. The lowest BCUT2D eigenvalue weighted by Gasteiger charge is -2.32. The summed E-state index contributed by atoms with van der Waals surface area (Å²) in [5, 5.41) is 3.24. The number of carbonyl (C=O) groups is 1. The second-order valence-corrected chi connectivity index (χ2v) is 4.18. The SMILES string of the molecule is O=CC1CNCCN1CCc1ccccc1. The van der Waals surface area contributed by atoms with E-state index in [1.165, 1.54) is 5.56 Å². The molecule has 2 rings (SSSR count). The van der Waals surface area contributed by atoms with Crippen molar-refractivity contribution in [2.45, 2.75) is 12.5 Å². The average molecular weight is 218 g/mol. The van der Waals surface area contributed by atoms with Gasteiger partial charge in [-0.2, -0.15) is 0 Å². The fourth-order valence-electron chi connectivity index (χ4n) is 2.10. The van der Waals surface area contributed by atoms with Crippen molar-refractivity contribution >= 4 is 6.29 Å². The van der Waals surface area contributed by atoms with Crippen molar-refractivity contribution in [1.82, 2.24) is 10.2 Å². The zero-order valence-corrected chi connectivity index (χ0v) is 9.43. The molecule has 1 saturated heterocycles. The van der Waals surface area contributed by atoms with Crippen LogP contribution in [0.3, 0.4) is 0 Å². The van der Waals surface area contributed by atoms with Crippen molar-refractivity contribution in [3.63, 3.8) is 0 Å². The number of hydrogen-bond acceptors (Lipinski definition) is 3. The summed E-state index contributed by atoms with van der Waals surface area (Å²) in [7, 11) is 0. The maximum Gasteiger partial charge on any atom is 0.138 e.